The highest BCUT2D eigenvalue weighted by Crippen LogP contribution is 2.16. The van der Waals surface area contributed by atoms with E-state index in [2.05, 4.69) is 74.7 Å². The lowest BCUT2D eigenvalue weighted by Crippen LogP contribution is -2.46. The maximum absolute atomic E-state index is 13.1. The fourth-order valence-electron chi connectivity index (χ4n) is 7.16. The number of rotatable bonds is 43. The minimum absolute atomic E-state index is 0.0448. The van der Waals surface area contributed by atoms with Crippen molar-refractivity contribution < 1.29 is 24.5 Å². The fourth-order valence-corrected chi connectivity index (χ4v) is 7.16. The summed E-state index contributed by atoms with van der Waals surface area (Å²) in [5.74, 6) is -0.625. The predicted molar refractivity (Wildman–Crippen MR) is 250 cm³/mol. The molecule has 0 spiro atoms. The van der Waals surface area contributed by atoms with Gasteiger partial charge in [0.1, 0.15) is 6.10 Å². The number of nitrogens with one attached hydrogen (secondary N) is 1. The van der Waals surface area contributed by atoms with Crippen molar-refractivity contribution >= 4 is 11.9 Å². The van der Waals surface area contributed by atoms with E-state index in [0.29, 0.717) is 19.3 Å². The smallest absolute Gasteiger partial charge is 0.306 e. The molecule has 6 nitrogen and oxygen atoms in total. The second-order valence-electron chi connectivity index (χ2n) is 16.5. The lowest BCUT2D eigenvalue weighted by molar-refractivity contribution is -0.148. The van der Waals surface area contributed by atoms with Crippen LogP contribution < -0.4 is 5.32 Å². The lowest BCUT2D eigenvalue weighted by Gasteiger charge is -2.23. The van der Waals surface area contributed by atoms with Gasteiger partial charge in [0.2, 0.25) is 5.91 Å². The van der Waals surface area contributed by atoms with Crippen molar-refractivity contribution in [2.24, 2.45) is 0 Å². The average molecular weight is 812 g/mol. The van der Waals surface area contributed by atoms with E-state index in [4.69, 9.17) is 4.74 Å². The molecular weight excluding hydrogens is 719 g/mol. The maximum Gasteiger partial charge on any atom is 0.306 e. The van der Waals surface area contributed by atoms with Crippen molar-refractivity contribution in [2.75, 3.05) is 6.61 Å². The van der Waals surface area contributed by atoms with Crippen LogP contribution in [0, 0.1) is 0 Å². The van der Waals surface area contributed by atoms with Gasteiger partial charge < -0.3 is 20.3 Å². The topological polar surface area (TPSA) is 95.9 Å². The average Bonchev–Trinajstić information content (AvgIpc) is 3.22. The van der Waals surface area contributed by atoms with Gasteiger partial charge in [0, 0.05) is 6.42 Å². The van der Waals surface area contributed by atoms with Gasteiger partial charge in [-0.05, 0) is 51.0 Å². The quantitative estimate of drug-likeness (QED) is 0.0324. The third-order valence-corrected chi connectivity index (χ3v) is 10.9. The van der Waals surface area contributed by atoms with Crippen LogP contribution in [-0.4, -0.2) is 46.9 Å². The maximum atomic E-state index is 13.1. The second-order valence-corrected chi connectivity index (χ2v) is 16.5. The first-order valence-electron chi connectivity index (χ1n) is 24.5. The van der Waals surface area contributed by atoms with E-state index in [0.717, 1.165) is 64.2 Å². The summed E-state index contributed by atoms with van der Waals surface area (Å²) in [6.45, 7) is 6.32. The summed E-state index contributed by atoms with van der Waals surface area (Å²) in [6.07, 6.45) is 56.0. The van der Waals surface area contributed by atoms with Crippen molar-refractivity contribution in [3.8, 4) is 0 Å². The molecule has 6 heteroatoms. The Morgan fingerprint density at radius 3 is 1.31 bits per heavy atom. The van der Waals surface area contributed by atoms with Crippen LogP contribution in [-0.2, 0) is 14.3 Å². The molecular formula is C52H93NO5. The zero-order chi connectivity index (χ0) is 42.4. The summed E-state index contributed by atoms with van der Waals surface area (Å²) in [5.41, 5.74) is 0. The molecule has 0 radical (unpaired) electrons. The molecule has 0 aromatic carbocycles. The van der Waals surface area contributed by atoms with Gasteiger partial charge in [-0.25, -0.2) is 0 Å². The van der Waals surface area contributed by atoms with Crippen molar-refractivity contribution in [2.45, 2.75) is 251 Å². The van der Waals surface area contributed by atoms with Gasteiger partial charge in [-0.1, -0.05) is 230 Å². The summed E-state index contributed by atoms with van der Waals surface area (Å²) < 4.78 is 5.81. The number of aliphatic hydroxyl groups is 2. The molecule has 3 unspecified atom stereocenters. The molecule has 0 aliphatic heterocycles. The number of hydrogen-bond acceptors (Lipinski definition) is 5. The fraction of sp³-hybridized carbons (Fsp3) is 0.769. The number of esters is 1. The first-order chi connectivity index (χ1) is 28.5. The lowest BCUT2D eigenvalue weighted by atomic mass is 10.0. The van der Waals surface area contributed by atoms with Gasteiger partial charge in [-0.2, -0.15) is 0 Å². The third-order valence-electron chi connectivity index (χ3n) is 10.9. The number of allylic oxidation sites excluding steroid dienone is 9. The number of hydrogen-bond donors (Lipinski definition) is 3. The Bertz CT molecular complexity index is 1050. The Morgan fingerprint density at radius 1 is 0.517 bits per heavy atom. The molecule has 0 aliphatic rings. The van der Waals surface area contributed by atoms with Crippen LogP contribution >= 0.6 is 0 Å². The van der Waals surface area contributed by atoms with Crippen LogP contribution in [0.2, 0.25) is 0 Å². The van der Waals surface area contributed by atoms with Crippen LogP contribution in [0.1, 0.15) is 233 Å². The van der Waals surface area contributed by atoms with Crippen LogP contribution in [0.15, 0.2) is 60.8 Å². The highest BCUT2D eigenvalue weighted by atomic mass is 16.5. The first kappa shape index (κ1) is 55.6. The number of carbonyl (C=O) groups excluding carboxylic acids is 2. The summed E-state index contributed by atoms with van der Waals surface area (Å²) in [4.78, 5) is 26.0. The van der Waals surface area contributed by atoms with Crippen LogP contribution in [0.5, 0.6) is 0 Å². The standard InChI is InChI=1S/C52H93NO5/c1-4-7-10-13-16-19-22-24-26-29-31-34-37-40-43-48(58-52(57)45-42-39-36-33-30-27-25-23-20-17-14-11-8-5-2)46-51(56)53-49(47-54)50(55)44-41-38-35-32-28-21-18-15-12-9-6-3/h7,10,16,19,24,26,31,34,40,43,48-50,54-55H,4-6,8-9,11-15,17-18,20-23,25,27-30,32-33,35-39,41-42,44-47H2,1-3H3,(H,53,56)/b10-7+,19-16+,26-24+,34-31+,43-40+. The van der Waals surface area contributed by atoms with Crippen LogP contribution in [0.4, 0.5) is 0 Å². The van der Waals surface area contributed by atoms with Gasteiger partial charge >= 0.3 is 5.97 Å². The van der Waals surface area contributed by atoms with Crippen molar-refractivity contribution in [3.05, 3.63) is 60.8 Å². The monoisotopic (exact) mass is 812 g/mol. The normalized spacial score (nSPS) is 13.8. The van der Waals surface area contributed by atoms with Crippen molar-refractivity contribution in [1.29, 1.82) is 0 Å². The summed E-state index contributed by atoms with van der Waals surface area (Å²) in [7, 11) is 0. The Kier molecular flexibility index (Phi) is 43.7. The summed E-state index contributed by atoms with van der Waals surface area (Å²) >= 11 is 0. The molecule has 336 valence electrons. The molecule has 1 amide bonds. The Hall–Kier alpha value is -2.44. The van der Waals surface area contributed by atoms with E-state index in [1.165, 1.54) is 122 Å². The van der Waals surface area contributed by atoms with Crippen molar-refractivity contribution in [3.63, 3.8) is 0 Å². The van der Waals surface area contributed by atoms with Crippen molar-refractivity contribution in [1.82, 2.24) is 5.32 Å². The first-order valence-corrected chi connectivity index (χ1v) is 24.5. The zero-order valence-electron chi connectivity index (χ0n) is 38.2. The molecule has 0 aliphatic carbocycles. The van der Waals surface area contributed by atoms with Gasteiger partial charge in [-0.3, -0.25) is 9.59 Å². The Labute approximate surface area is 358 Å². The van der Waals surface area contributed by atoms with E-state index in [1.807, 2.05) is 6.08 Å². The Balaban J connectivity index is 4.74. The van der Waals surface area contributed by atoms with Gasteiger partial charge in [0.25, 0.3) is 0 Å². The largest absolute Gasteiger partial charge is 0.458 e. The molecule has 0 aromatic heterocycles. The summed E-state index contributed by atoms with van der Waals surface area (Å²) in [5, 5.41) is 23.6. The minimum atomic E-state index is -0.817. The highest BCUT2D eigenvalue weighted by molar-refractivity contribution is 5.78. The highest BCUT2D eigenvalue weighted by Gasteiger charge is 2.23. The molecule has 3 N–H and O–H groups in total. The zero-order valence-corrected chi connectivity index (χ0v) is 38.2. The number of aliphatic hydroxyl groups excluding tert-OH is 2. The molecule has 3 atom stereocenters. The molecule has 0 fully saturated rings. The van der Waals surface area contributed by atoms with E-state index in [9.17, 15) is 19.8 Å². The van der Waals surface area contributed by atoms with Crippen LogP contribution in [0.25, 0.3) is 0 Å². The molecule has 0 saturated heterocycles. The number of carbonyl (C=O) groups is 2. The summed E-state index contributed by atoms with van der Waals surface area (Å²) in [6, 6.07) is -0.740. The van der Waals surface area contributed by atoms with E-state index >= 15 is 0 Å². The third kappa shape index (κ3) is 40.3. The number of unbranched alkanes of at least 4 members (excludes halogenated alkanes) is 23. The van der Waals surface area contributed by atoms with Crippen LogP contribution in [0.3, 0.4) is 0 Å². The Morgan fingerprint density at radius 2 is 0.897 bits per heavy atom. The van der Waals surface area contributed by atoms with Gasteiger partial charge in [0.05, 0.1) is 25.2 Å². The molecule has 58 heavy (non-hydrogen) atoms. The second kappa shape index (κ2) is 45.6. The van der Waals surface area contributed by atoms with Gasteiger partial charge in [-0.15, -0.1) is 0 Å². The minimum Gasteiger partial charge on any atom is -0.458 e. The van der Waals surface area contributed by atoms with E-state index < -0.39 is 18.2 Å². The molecule has 0 rings (SSSR count). The van der Waals surface area contributed by atoms with E-state index in [-0.39, 0.29) is 24.9 Å². The molecule has 0 saturated carbocycles. The number of ether oxygens (including phenoxy) is 1. The SMILES string of the molecule is CC/C=C/C/C=C/C/C=C/C/C=C/C/C=C/C(CC(=O)NC(CO)C(O)CCCCCCCCCCCCC)OC(=O)CCCCCCCCCCCCCCCC. The van der Waals surface area contributed by atoms with E-state index in [1.54, 1.807) is 6.08 Å². The molecule has 0 aromatic rings. The number of amides is 1. The molecule has 0 heterocycles. The molecule has 0 bridgehead atoms. The predicted octanol–water partition coefficient (Wildman–Crippen LogP) is 14.5. The van der Waals surface area contributed by atoms with Gasteiger partial charge in [0.15, 0.2) is 0 Å².